The Morgan fingerprint density at radius 2 is 1.67 bits per heavy atom. The van der Waals surface area contributed by atoms with E-state index < -0.39 is 0 Å². The number of nitrogens with zero attached hydrogens (tertiary/aromatic N) is 3. The number of anilines is 1. The first kappa shape index (κ1) is 17.7. The number of benzene rings is 1. The van der Waals surface area contributed by atoms with E-state index in [4.69, 9.17) is 0 Å². The SMILES string of the molecule is CC1CCN(CC(c2ccc(N(C)C)cc2)N2CCNCC2)CC1. The second-order valence-corrected chi connectivity index (χ2v) is 7.77. The van der Waals surface area contributed by atoms with E-state index in [9.17, 15) is 0 Å². The number of rotatable bonds is 5. The molecule has 0 aromatic heterocycles. The Hall–Kier alpha value is -1.10. The summed E-state index contributed by atoms with van der Waals surface area (Å²) in [6.45, 7) is 10.6. The van der Waals surface area contributed by atoms with E-state index in [1.807, 2.05) is 0 Å². The molecule has 1 unspecified atom stereocenters. The molecule has 1 aromatic rings. The van der Waals surface area contributed by atoms with E-state index in [1.165, 1.54) is 43.7 Å². The third-order valence-corrected chi connectivity index (χ3v) is 5.69. The molecule has 134 valence electrons. The van der Waals surface area contributed by atoms with E-state index in [0.29, 0.717) is 6.04 Å². The Morgan fingerprint density at radius 3 is 2.25 bits per heavy atom. The maximum Gasteiger partial charge on any atom is 0.0476 e. The Kier molecular flexibility index (Phi) is 6.14. The summed E-state index contributed by atoms with van der Waals surface area (Å²) in [6.07, 6.45) is 2.71. The molecule has 0 aliphatic carbocycles. The number of hydrogen-bond donors (Lipinski definition) is 1. The molecule has 3 rings (SSSR count). The van der Waals surface area contributed by atoms with Gasteiger partial charge in [0.1, 0.15) is 0 Å². The molecule has 2 aliphatic rings. The second kappa shape index (κ2) is 8.32. The first-order valence-corrected chi connectivity index (χ1v) is 9.58. The molecule has 0 amide bonds. The summed E-state index contributed by atoms with van der Waals surface area (Å²) < 4.78 is 0. The average Bonchev–Trinajstić information content (AvgIpc) is 2.62. The van der Waals surface area contributed by atoms with Crippen molar-refractivity contribution < 1.29 is 0 Å². The zero-order valence-corrected chi connectivity index (χ0v) is 15.7. The number of piperazine rings is 1. The fourth-order valence-electron chi connectivity index (χ4n) is 3.91. The third-order valence-electron chi connectivity index (χ3n) is 5.69. The van der Waals surface area contributed by atoms with Crippen molar-refractivity contribution >= 4 is 5.69 Å². The van der Waals surface area contributed by atoms with E-state index in [1.54, 1.807) is 0 Å². The van der Waals surface area contributed by atoms with Crippen molar-refractivity contribution in [3.63, 3.8) is 0 Å². The lowest BCUT2D eigenvalue weighted by atomic mass is 9.97. The van der Waals surface area contributed by atoms with Crippen LogP contribution in [0, 0.1) is 5.92 Å². The fourth-order valence-corrected chi connectivity index (χ4v) is 3.91. The smallest absolute Gasteiger partial charge is 0.0476 e. The van der Waals surface area contributed by atoms with Crippen LogP contribution in [-0.2, 0) is 0 Å². The van der Waals surface area contributed by atoms with Gasteiger partial charge in [0, 0.05) is 58.5 Å². The summed E-state index contributed by atoms with van der Waals surface area (Å²) in [4.78, 5) is 7.54. The molecule has 4 nitrogen and oxygen atoms in total. The summed E-state index contributed by atoms with van der Waals surface area (Å²) in [7, 11) is 4.22. The molecule has 0 saturated carbocycles. The minimum absolute atomic E-state index is 0.525. The van der Waals surface area contributed by atoms with E-state index in [2.05, 4.69) is 65.3 Å². The number of piperidine rings is 1. The van der Waals surface area contributed by atoms with Crippen molar-refractivity contribution in [3.05, 3.63) is 29.8 Å². The van der Waals surface area contributed by atoms with Crippen LogP contribution in [0.4, 0.5) is 5.69 Å². The summed E-state index contributed by atoms with van der Waals surface area (Å²) in [5, 5.41) is 3.49. The van der Waals surface area contributed by atoms with Gasteiger partial charge < -0.3 is 15.1 Å². The molecular formula is C20H34N4. The first-order chi connectivity index (χ1) is 11.6. The molecule has 0 bridgehead atoms. The molecule has 24 heavy (non-hydrogen) atoms. The Labute approximate surface area is 147 Å². The third kappa shape index (κ3) is 4.50. The van der Waals surface area contributed by atoms with Crippen LogP contribution in [-0.4, -0.2) is 69.7 Å². The number of likely N-dealkylation sites (tertiary alicyclic amines) is 1. The van der Waals surface area contributed by atoms with Crippen molar-refractivity contribution in [2.24, 2.45) is 5.92 Å². The Bertz CT molecular complexity index is 485. The van der Waals surface area contributed by atoms with Crippen molar-refractivity contribution in [1.82, 2.24) is 15.1 Å². The predicted octanol–water partition coefficient (Wildman–Crippen LogP) is 2.43. The lowest BCUT2D eigenvalue weighted by molar-refractivity contribution is 0.104. The van der Waals surface area contributed by atoms with Crippen LogP contribution in [0.1, 0.15) is 31.4 Å². The molecule has 4 heteroatoms. The molecule has 2 saturated heterocycles. The van der Waals surface area contributed by atoms with Gasteiger partial charge >= 0.3 is 0 Å². The van der Waals surface area contributed by atoms with Gasteiger partial charge in [-0.05, 0) is 49.5 Å². The molecule has 2 heterocycles. The van der Waals surface area contributed by atoms with Crippen LogP contribution in [0.5, 0.6) is 0 Å². The summed E-state index contributed by atoms with van der Waals surface area (Å²) in [5.74, 6) is 0.901. The normalized spacial score (nSPS) is 22.5. The van der Waals surface area contributed by atoms with Gasteiger partial charge in [0.2, 0.25) is 0 Å². The van der Waals surface area contributed by atoms with Gasteiger partial charge in [-0.3, -0.25) is 4.90 Å². The van der Waals surface area contributed by atoms with Crippen LogP contribution >= 0.6 is 0 Å². The van der Waals surface area contributed by atoms with Gasteiger partial charge in [-0.15, -0.1) is 0 Å². The van der Waals surface area contributed by atoms with Crippen LogP contribution in [0.2, 0.25) is 0 Å². The topological polar surface area (TPSA) is 21.8 Å². The van der Waals surface area contributed by atoms with Gasteiger partial charge in [-0.25, -0.2) is 0 Å². The Morgan fingerprint density at radius 1 is 1.04 bits per heavy atom. The van der Waals surface area contributed by atoms with Gasteiger partial charge in [-0.1, -0.05) is 19.1 Å². The lowest BCUT2D eigenvalue weighted by Gasteiger charge is -2.40. The van der Waals surface area contributed by atoms with Gasteiger partial charge in [0.15, 0.2) is 0 Å². The molecule has 2 fully saturated rings. The van der Waals surface area contributed by atoms with Gasteiger partial charge in [0.25, 0.3) is 0 Å². The van der Waals surface area contributed by atoms with Crippen molar-refractivity contribution in [2.75, 3.05) is 64.8 Å². The largest absolute Gasteiger partial charge is 0.378 e. The summed E-state index contributed by atoms with van der Waals surface area (Å²) in [6, 6.07) is 9.74. The zero-order valence-electron chi connectivity index (χ0n) is 15.7. The maximum absolute atomic E-state index is 3.49. The minimum Gasteiger partial charge on any atom is -0.378 e. The standard InChI is InChI=1S/C20H34N4/c1-17-8-12-23(13-9-17)16-20(24-14-10-21-11-15-24)18-4-6-19(7-5-18)22(2)3/h4-7,17,20-21H,8-16H2,1-3H3. The number of hydrogen-bond acceptors (Lipinski definition) is 4. The van der Waals surface area contributed by atoms with Crippen LogP contribution in [0.15, 0.2) is 24.3 Å². The highest BCUT2D eigenvalue weighted by atomic mass is 15.3. The van der Waals surface area contributed by atoms with Gasteiger partial charge in [-0.2, -0.15) is 0 Å². The van der Waals surface area contributed by atoms with E-state index in [0.717, 1.165) is 32.1 Å². The molecule has 2 aliphatic heterocycles. The Balaban J connectivity index is 1.73. The predicted molar refractivity (Wildman–Crippen MR) is 103 cm³/mol. The average molecular weight is 331 g/mol. The van der Waals surface area contributed by atoms with Gasteiger partial charge in [0.05, 0.1) is 0 Å². The molecule has 1 aromatic carbocycles. The summed E-state index contributed by atoms with van der Waals surface area (Å²) in [5.41, 5.74) is 2.76. The van der Waals surface area contributed by atoms with Crippen LogP contribution < -0.4 is 10.2 Å². The molecule has 0 radical (unpaired) electrons. The van der Waals surface area contributed by atoms with Crippen LogP contribution in [0.3, 0.4) is 0 Å². The highest BCUT2D eigenvalue weighted by Crippen LogP contribution is 2.26. The highest BCUT2D eigenvalue weighted by Gasteiger charge is 2.26. The quantitative estimate of drug-likeness (QED) is 0.895. The molecular weight excluding hydrogens is 296 g/mol. The fraction of sp³-hybridized carbons (Fsp3) is 0.700. The van der Waals surface area contributed by atoms with Crippen molar-refractivity contribution in [3.8, 4) is 0 Å². The van der Waals surface area contributed by atoms with Crippen molar-refractivity contribution in [1.29, 1.82) is 0 Å². The maximum atomic E-state index is 3.49. The lowest BCUT2D eigenvalue weighted by Crippen LogP contribution is -2.48. The highest BCUT2D eigenvalue weighted by molar-refractivity contribution is 5.46. The van der Waals surface area contributed by atoms with E-state index >= 15 is 0 Å². The molecule has 1 atom stereocenters. The summed E-state index contributed by atoms with van der Waals surface area (Å²) >= 11 is 0. The number of nitrogens with one attached hydrogen (secondary N) is 1. The zero-order chi connectivity index (χ0) is 16.9. The van der Waals surface area contributed by atoms with Crippen molar-refractivity contribution in [2.45, 2.75) is 25.8 Å². The second-order valence-electron chi connectivity index (χ2n) is 7.77. The van der Waals surface area contributed by atoms with E-state index in [-0.39, 0.29) is 0 Å². The molecule has 0 spiro atoms. The van der Waals surface area contributed by atoms with Crippen LogP contribution in [0.25, 0.3) is 0 Å². The minimum atomic E-state index is 0.525. The molecule has 1 N–H and O–H groups in total. The first-order valence-electron chi connectivity index (χ1n) is 9.58. The monoisotopic (exact) mass is 330 g/mol.